The molecule has 0 bridgehead atoms. The first-order valence-electron chi connectivity index (χ1n) is 11.3. The third kappa shape index (κ3) is 7.60. The molecule has 0 aliphatic rings. The number of hydrogen-bond donors (Lipinski definition) is 2. The van der Waals surface area contributed by atoms with E-state index in [1.807, 2.05) is 0 Å². The number of aryl methyl sites for hydroxylation is 1. The summed E-state index contributed by atoms with van der Waals surface area (Å²) in [4.78, 5) is 30.7. The first-order chi connectivity index (χ1) is 16.9. The van der Waals surface area contributed by atoms with Crippen LogP contribution in [0, 0.1) is 11.6 Å². The Morgan fingerprint density at radius 2 is 1.94 bits per heavy atom. The van der Waals surface area contributed by atoms with E-state index in [4.69, 9.17) is 16.3 Å². The topological polar surface area (TPSA) is 91.8 Å². The fourth-order valence-electron chi connectivity index (χ4n) is 3.74. The molecule has 0 fully saturated rings. The number of ether oxygens (including phenoxy) is 1. The first kappa shape index (κ1) is 27.3. The van der Waals surface area contributed by atoms with E-state index in [-0.39, 0.29) is 42.6 Å². The SMILES string of the molecule is CN(C(=O)CCc1cccc(F)c1Cl)[C@H](COC(=O)Nc1cc2cc(F)ccc2cn1)CC(C)(C)O. The number of hydrogen-bond acceptors (Lipinski definition) is 5. The van der Waals surface area contributed by atoms with Gasteiger partial charge in [-0.25, -0.2) is 18.6 Å². The van der Waals surface area contributed by atoms with Crippen molar-refractivity contribution >= 4 is 40.2 Å². The number of halogens is 3. The Morgan fingerprint density at radius 3 is 2.67 bits per heavy atom. The van der Waals surface area contributed by atoms with Gasteiger partial charge in [-0.15, -0.1) is 0 Å². The van der Waals surface area contributed by atoms with E-state index >= 15 is 0 Å². The van der Waals surface area contributed by atoms with Gasteiger partial charge >= 0.3 is 6.09 Å². The van der Waals surface area contributed by atoms with Crippen molar-refractivity contribution < 1.29 is 28.2 Å². The molecule has 10 heteroatoms. The number of nitrogens with zero attached hydrogens (tertiary/aromatic N) is 2. The number of anilines is 1. The fraction of sp³-hybridized carbons (Fsp3) is 0.346. The molecule has 192 valence electrons. The van der Waals surface area contributed by atoms with Crippen molar-refractivity contribution in [1.29, 1.82) is 0 Å². The second kappa shape index (κ2) is 11.6. The molecule has 0 saturated heterocycles. The smallest absolute Gasteiger partial charge is 0.412 e. The molecule has 1 atom stereocenters. The van der Waals surface area contributed by atoms with Crippen LogP contribution in [0.5, 0.6) is 0 Å². The molecular formula is C26H28ClF2N3O4. The minimum absolute atomic E-state index is 0.0222. The van der Waals surface area contributed by atoms with Gasteiger partial charge in [-0.3, -0.25) is 10.1 Å². The van der Waals surface area contributed by atoms with Gasteiger partial charge in [0.05, 0.1) is 16.7 Å². The molecule has 0 spiro atoms. The maximum atomic E-state index is 13.7. The largest absolute Gasteiger partial charge is 0.447 e. The van der Waals surface area contributed by atoms with Gasteiger partial charge < -0.3 is 14.7 Å². The van der Waals surface area contributed by atoms with Crippen LogP contribution in [0.3, 0.4) is 0 Å². The van der Waals surface area contributed by atoms with Gasteiger partial charge in [-0.2, -0.15) is 0 Å². The van der Waals surface area contributed by atoms with Gasteiger partial charge in [0.15, 0.2) is 0 Å². The number of fused-ring (bicyclic) bond motifs is 1. The molecular weight excluding hydrogens is 492 g/mol. The number of rotatable bonds is 9. The van der Waals surface area contributed by atoms with Crippen LogP contribution in [-0.4, -0.2) is 52.3 Å². The Bertz CT molecular complexity index is 1250. The lowest BCUT2D eigenvalue weighted by Crippen LogP contribution is -2.45. The molecule has 36 heavy (non-hydrogen) atoms. The van der Waals surface area contributed by atoms with Crippen molar-refractivity contribution in [3.8, 4) is 0 Å². The highest BCUT2D eigenvalue weighted by atomic mass is 35.5. The molecule has 0 saturated carbocycles. The molecule has 3 aromatic rings. The molecule has 0 unspecified atom stereocenters. The second-order valence-corrected chi connectivity index (χ2v) is 9.55. The normalized spacial score (nSPS) is 12.3. The average Bonchev–Trinajstić information content (AvgIpc) is 2.81. The maximum Gasteiger partial charge on any atom is 0.412 e. The minimum atomic E-state index is -1.14. The van der Waals surface area contributed by atoms with Gasteiger partial charge in [-0.1, -0.05) is 23.7 Å². The number of carbonyl (C=O) groups excluding carboxylic acids is 2. The van der Waals surface area contributed by atoms with Crippen molar-refractivity contribution in [2.45, 2.75) is 44.8 Å². The molecule has 2 N–H and O–H groups in total. The van der Waals surface area contributed by atoms with Crippen LogP contribution in [0.2, 0.25) is 5.02 Å². The maximum absolute atomic E-state index is 13.7. The summed E-state index contributed by atoms with van der Waals surface area (Å²) in [6, 6.07) is 9.52. The third-order valence-corrected chi connectivity index (χ3v) is 6.06. The lowest BCUT2D eigenvalue weighted by Gasteiger charge is -2.32. The van der Waals surface area contributed by atoms with Gasteiger partial charge in [0.25, 0.3) is 0 Å². The van der Waals surface area contributed by atoms with Crippen LogP contribution in [0.25, 0.3) is 10.8 Å². The second-order valence-electron chi connectivity index (χ2n) is 9.17. The van der Waals surface area contributed by atoms with Gasteiger partial charge in [0.1, 0.15) is 24.1 Å². The van der Waals surface area contributed by atoms with Crippen LogP contribution in [0.15, 0.2) is 48.7 Å². The highest BCUT2D eigenvalue weighted by Crippen LogP contribution is 2.22. The zero-order valence-electron chi connectivity index (χ0n) is 20.2. The number of benzene rings is 2. The Kier molecular flexibility index (Phi) is 8.81. The molecule has 1 heterocycles. The summed E-state index contributed by atoms with van der Waals surface area (Å²) in [7, 11) is 1.55. The third-order valence-electron chi connectivity index (χ3n) is 5.64. The molecule has 7 nitrogen and oxygen atoms in total. The molecule has 0 radical (unpaired) electrons. The zero-order chi connectivity index (χ0) is 26.5. The standard InChI is InChI=1S/C26H28ClF2N3O4/c1-26(2,35)13-20(32(3)23(33)10-8-16-5-4-6-21(29)24(16)27)15-36-25(34)31-22-12-18-11-19(28)9-7-17(18)14-30-22/h4-7,9,11-12,14,20,35H,8,10,13,15H2,1-3H3,(H,30,31,34)/t20-/m0/s1. The van der Waals surface area contributed by atoms with E-state index in [9.17, 15) is 23.5 Å². The highest BCUT2D eigenvalue weighted by Gasteiger charge is 2.28. The number of carbonyl (C=O) groups is 2. The number of likely N-dealkylation sites (N-methyl/N-ethyl adjacent to an activating group) is 1. The van der Waals surface area contributed by atoms with Gasteiger partial charge in [0.2, 0.25) is 5.91 Å². The Morgan fingerprint density at radius 1 is 1.19 bits per heavy atom. The minimum Gasteiger partial charge on any atom is -0.447 e. The number of nitrogens with one attached hydrogen (secondary N) is 1. The lowest BCUT2D eigenvalue weighted by molar-refractivity contribution is -0.134. The van der Waals surface area contributed by atoms with Gasteiger partial charge in [-0.05, 0) is 68.0 Å². The van der Waals surface area contributed by atoms with Gasteiger partial charge in [0, 0.05) is 25.1 Å². The fourth-order valence-corrected chi connectivity index (χ4v) is 3.96. The predicted octanol–water partition coefficient (Wildman–Crippen LogP) is 5.34. The summed E-state index contributed by atoms with van der Waals surface area (Å²) in [5.41, 5.74) is -0.634. The number of pyridine rings is 1. The summed E-state index contributed by atoms with van der Waals surface area (Å²) in [6.07, 6.45) is 1.10. The van der Waals surface area contributed by atoms with Crippen molar-refractivity contribution in [3.63, 3.8) is 0 Å². The summed E-state index contributed by atoms with van der Waals surface area (Å²) in [5, 5.41) is 14.1. The van der Waals surface area contributed by atoms with Crippen molar-refractivity contribution in [2.24, 2.45) is 0 Å². The average molecular weight is 520 g/mol. The molecule has 2 amide bonds. The molecule has 0 aliphatic carbocycles. The summed E-state index contributed by atoms with van der Waals surface area (Å²) >= 11 is 5.98. The molecule has 3 rings (SSSR count). The van der Waals surface area contributed by atoms with Crippen molar-refractivity contribution in [2.75, 3.05) is 19.0 Å². The Labute approximate surface area is 213 Å². The van der Waals surface area contributed by atoms with E-state index in [2.05, 4.69) is 10.3 Å². The summed E-state index contributed by atoms with van der Waals surface area (Å²) in [6.45, 7) is 2.98. The summed E-state index contributed by atoms with van der Waals surface area (Å²) < 4.78 is 32.5. The summed E-state index contributed by atoms with van der Waals surface area (Å²) in [5.74, 6) is -1.08. The van der Waals surface area contributed by atoms with E-state index in [0.29, 0.717) is 16.3 Å². The number of amides is 2. The molecule has 1 aromatic heterocycles. The highest BCUT2D eigenvalue weighted by molar-refractivity contribution is 6.31. The quantitative estimate of drug-likeness (QED) is 0.398. The number of aromatic nitrogens is 1. The Balaban J connectivity index is 1.62. The van der Waals surface area contributed by atoms with E-state index in [0.717, 1.165) is 0 Å². The van der Waals surface area contributed by atoms with Crippen LogP contribution in [-0.2, 0) is 16.0 Å². The van der Waals surface area contributed by atoms with Crippen LogP contribution in [0.4, 0.5) is 19.4 Å². The zero-order valence-corrected chi connectivity index (χ0v) is 21.0. The van der Waals surface area contributed by atoms with Crippen LogP contribution < -0.4 is 5.32 Å². The van der Waals surface area contributed by atoms with E-state index in [1.165, 1.54) is 41.4 Å². The van der Waals surface area contributed by atoms with Crippen LogP contribution >= 0.6 is 11.6 Å². The monoisotopic (exact) mass is 519 g/mol. The lowest BCUT2D eigenvalue weighted by atomic mass is 9.98. The number of aliphatic hydroxyl groups is 1. The van der Waals surface area contributed by atoms with E-state index in [1.54, 1.807) is 33.0 Å². The Hall–Kier alpha value is -3.30. The first-order valence-corrected chi connectivity index (χ1v) is 11.7. The van der Waals surface area contributed by atoms with Crippen LogP contribution in [0.1, 0.15) is 32.3 Å². The van der Waals surface area contributed by atoms with Crippen molar-refractivity contribution in [1.82, 2.24) is 9.88 Å². The molecule has 0 aliphatic heterocycles. The van der Waals surface area contributed by atoms with Crippen molar-refractivity contribution in [3.05, 3.63) is 70.9 Å². The van der Waals surface area contributed by atoms with E-state index < -0.39 is 29.4 Å². The predicted molar refractivity (Wildman–Crippen MR) is 134 cm³/mol. The molecule has 2 aromatic carbocycles.